The van der Waals surface area contributed by atoms with E-state index >= 15 is 0 Å². The van der Waals surface area contributed by atoms with Gasteiger partial charge in [-0.2, -0.15) is 0 Å². The van der Waals surface area contributed by atoms with Crippen molar-refractivity contribution in [2.45, 2.75) is 58.6 Å². The Morgan fingerprint density at radius 3 is 2.71 bits per heavy atom. The smallest absolute Gasteiger partial charge is 0.0682 e. The molecular formula is C12H25NO. The summed E-state index contributed by atoms with van der Waals surface area (Å²) in [5, 5.41) is 9.64. The molecule has 0 aliphatic carbocycles. The van der Waals surface area contributed by atoms with Gasteiger partial charge in [-0.15, -0.1) is 0 Å². The van der Waals surface area contributed by atoms with E-state index in [0.29, 0.717) is 6.04 Å². The van der Waals surface area contributed by atoms with Crippen molar-refractivity contribution in [3.8, 4) is 0 Å². The second-order valence-corrected chi connectivity index (χ2v) is 5.02. The van der Waals surface area contributed by atoms with E-state index in [1.54, 1.807) is 0 Å². The van der Waals surface area contributed by atoms with Crippen LogP contribution in [-0.2, 0) is 0 Å². The number of hydrogen-bond acceptors (Lipinski definition) is 2. The summed E-state index contributed by atoms with van der Waals surface area (Å²) in [5.41, 5.74) is 0. The zero-order chi connectivity index (χ0) is 10.6. The van der Waals surface area contributed by atoms with Crippen LogP contribution in [0.25, 0.3) is 0 Å². The van der Waals surface area contributed by atoms with Crippen molar-refractivity contribution in [3.05, 3.63) is 0 Å². The molecule has 1 aliphatic heterocycles. The van der Waals surface area contributed by atoms with Crippen LogP contribution < -0.4 is 0 Å². The predicted molar refractivity (Wildman–Crippen MR) is 60.3 cm³/mol. The van der Waals surface area contributed by atoms with E-state index in [-0.39, 0.29) is 6.10 Å². The predicted octanol–water partition coefficient (Wildman–Crippen LogP) is 2.27. The monoisotopic (exact) mass is 199 g/mol. The largest absolute Gasteiger partial charge is 0.392 e. The van der Waals surface area contributed by atoms with Crippen molar-refractivity contribution < 1.29 is 5.11 Å². The van der Waals surface area contributed by atoms with Gasteiger partial charge in [0.15, 0.2) is 0 Å². The number of hydrogen-bond donors (Lipinski definition) is 1. The minimum Gasteiger partial charge on any atom is -0.392 e. The first-order valence-corrected chi connectivity index (χ1v) is 6.05. The second kappa shape index (κ2) is 5.72. The van der Waals surface area contributed by atoms with E-state index in [9.17, 15) is 5.11 Å². The topological polar surface area (TPSA) is 23.5 Å². The molecule has 14 heavy (non-hydrogen) atoms. The fourth-order valence-corrected chi connectivity index (χ4v) is 2.38. The van der Waals surface area contributed by atoms with Crippen LogP contribution in [0.3, 0.4) is 0 Å². The lowest BCUT2D eigenvalue weighted by Crippen LogP contribution is -2.31. The second-order valence-electron chi connectivity index (χ2n) is 5.02. The van der Waals surface area contributed by atoms with E-state index in [2.05, 4.69) is 25.7 Å². The Balaban J connectivity index is 2.37. The van der Waals surface area contributed by atoms with Crippen LogP contribution >= 0.6 is 0 Å². The van der Waals surface area contributed by atoms with Gasteiger partial charge in [-0.05, 0) is 31.7 Å². The van der Waals surface area contributed by atoms with Crippen LogP contribution in [0, 0.1) is 5.92 Å². The number of likely N-dealkylation sites (tertiary alicyclic amines) is 1. The van der Waals surface area contributed by atoms with Crippen LogP contribution in [0.5, 0.6) is 0 Å². The molecule has 0 unspecified atom stereocenters. The van der Waals surface area contributed by atoms with Gasteiger partial charge in [-0.1, -0.05) is 27.2 Å². The van der Waals surface area contributed by atoms with Gasteiger partial charge in [0.1, 0.15) is 0 Å². The molecule has 1 heterocycles. The van der Waals surface area contributed by atoms with Gasteiger partial charge in [-0.3, -0.25) is 4.90 Å². The highest BCUT2D eigenvalue weighted by molar-refractivity contribution is 4.85. The highest BCUT2D eigenvalue weighted by Crippen LogP contribution is 2.23. The van der Waals surface area contributed by atoms with E-state index in [0.717, 1.165) is 18.9 Å². The zero-order valence-electron chi connectivity index (χ0n) is 9.87. The molecule has 0 bridgehead atoms. The molecule has 0 amide bonds. The number of unbranched alkanes of at least 4 members (excludes halogenated alkanes) is 1. The fraction of sp³-hybridized carbons (Fsp3) is 1.00. The molecule has 84 valence electrons. The van der Waals surface area contributed by atoms with E-state index < -0.39 is 0 Å². The Kier molecular flexibility index (Phi) is 4.90. The van der Waals surface area contributed by atoms with Crippen LogP contribution in [0.15, 0.2) is 0 Å². The van der Waals surface area contributed by atoms with Gasteiger partial charge < -0.3 is 5.11 Å². The SMILES string of the molecule is CCCCN1C[C@H](O)C[C@@H]1CC(C)C. The fourth-order valence-electron chi connectivity index (χ4n) is 2.38. The van der Waals surface area contributed by atoms with Crippen LogP contribution in [0.2, 0.25) is 0 Å². The molecule has 2 atom stereocenters. The third-order valence-corrected chi connectivity index (χ3v) is 3.05. The first-order chi connectivity index (χ1) is 6.63. The molecule has 2 nitrogen and oxygen atoms in total. The molecule has 0 radical (unpaired) electrons. The van der Waals surface area contributed by atoms with Gasteiger partial charge in [0.2, 0.25) is 0 Å². The van der Waals surface area contributed by atoms with Gasteiger partial charge >= 0.3 is 0 Å². The number of aliphatic hydroxyl groups is 1. The van der Waals surface area contributed by atoms with E-state index in [1.165, 1.54) is 25.8 Å². The Labute approximate surface area is 88.3 Å². The third kappa shape index (κ3) is 3.58. The maximum Gasteiger partial charge on any atom is 0.0682 e. The maximum atomic E-state index is 9.64. The normalized spacial score (nSPS) is 28.9. The standard InChI is InChI=1S/C12H25NO/c1-4-5-6-13-9-12(14)8-11(13)7-10(2)3/h10-12,14H,4-9H2,1-3H3/t11-,12+/m0/s1. The third-order valence-electron chi connectivity index (χ3n) is 3.05. The molecule has 1 aliphatic rings. The number of rotatable bonds is 5. The molecule has 0 saturated carbocycles. The first kappa shape index (κ1) is 12.0. The first-order valence-electron chi connectivity index (χ1n) is 6.05. The summed E-state index contributed by atoms with van der Waals surface area (Å²) in [6.07, 6.45) is 4.67. The highest BCUT2D eigenvalue weighted by atomic mass is 16.3. The van der Waals surface area contributed by atoms with E-state index in [1.807, 2.05) is 0 Å². The van der Waals surface area contributed by atoms with Crippen molar-refractivity contribution in [2.24, 2.45) is 5.92 Å². The average molecular weight is 199 g/mol. The average Bonchev–Trinajstić information content (AvgIpc) is 2.41. The Morgan fingerprint density at radius 2 is 2.14 bits per heavy atom. The van der Waals surface area contributed by atoms with Crippen LogP contribution in [0.4, 0.5) is 0 Å². The Morgan fingerprint density at radius 1 is 1.43 bits per heavy atom. The van der Waals surface area contributed by atoms with Gasteiger partial charge in [0.25, 0.3) is 0 Å². The molecule has 0 aromatic heterocycles. The van der Waals surface area contributed by atoms with Crippen molar-refractivity contribution in [3.63, 3.8) is 0 Å². The molecule has 0 aromatic rings. The van der Waals surface area contributed by atoms with Crippen molar-refractivity contribution in [1.82, 2.24) is 4.90 Å². The van der Waals surface area contributed by atoms with Gasteiger partial charge in [-0.25, -0.2) is 0 Å². The van der Waals surface area contributed by atoms with Crippen LogP contribution in [-0.4, -0.2) is 35.2 Å². The summed E-state index contributed by atoms with van der Waals surface area (Å²) in [7, 11) is 0. The molecular weight excluding hydrogens is 174 g/mol. The summed E-state index contributed by atoms with van der Waals surface area (Å²) >= 11 is 0. The maximum absolute atomic E-state index is 9.64. The minimum absolute atomic E-state index is 0.0735. The summed E-state index contributed by atoms with van der Waals surface area (Å²) < 4.78 is 0. The Bertz CT molecular complexity index is 158. The lowest BCUT2D eigenvalue weighted by molar-refractivity contribution is 0.173. The van der Waals surface area contributed by atoms with Crippen LogP contribution in [0.1, 0.15) is 46.5 Å². The molecule has 0 spiro atoms. The summed E-state index contributed by atoms with van der Waals surface area (Å²) in [6, 6.07) is 0.636. The number of β-amino-alcohol motifs (C(OH)–C–C–N with tert-alkyl or cyclic N) is 1. The minimum atomic E-state index is -0.0735. The molecule has 2 heteroatoms. The van der Waals surface area contributed by atoms with E-state index in [4.69, 9.17) is 0 Å². The molecule has 1 saturated heterocycles. The number of nitrogens with zero attached hydrogens (tertiary/aromatic N) is 1. The van der Waals surface area contributed by atoms with Gasteiger partial charge in [0, 0.05) is 12.6 Å². The molecule has 1 N–H and O–H groups in total. The summed E-state index contributed by atoms with van der Waals surface area (Å²) in [4.78, 5) is 2.48. The molecule has 1 rings (SSSR count). The zero-order valence-corrected chi connectivity index (χ0v) is 9.87. The lowest BCUT2D eigenvalue weighted by atomic mass is 10.0. The number of aliphatic hydroxyl groups excluding tert-OH is 1. The van der Waals surface area contributed by atoms with Gasteiger partial charge in [0.05, 0.1) is 6.10 Å². The quantitative estimate of drug-likeness (QED) is 0.734. The molecule has 0 aromatic carbocycles. The van der Waals surface area contributed by atoms with Crippen molar-refractivity contribution >= 4 is 0 Å². The Hall–Kier alpha value is -0.0800. The molecule has 1 fully saturated rings. The van der Waals surface area contributed by atoms with Crippen molar-refractivity contribution in [1.29, 1.82) is 0 Å². The summed E-state index contributed by atoms with van der Waals surface area (Å²) in [5.74, 6) is 0.745. The lowest BCUT2D eigenvalue weighted by Gasteiger charge is -2.25. The summed E-state index contributed by atoms with van der Waals surface area (Å²) in [6.45, 7) is 8.83. The highest BCUT2D eigenvalue weighted by Gasteiger charge is 2.30. The van der Waals surface area contributed by atoms with Crippen molar-refractivity contribution in [2.75, 3.05) is 13.1 Å².